The smallest absolute Gasteiger partial charge is 0.228 e. The average molecular weight is 265 g/mol. The third kappa shape index (κ3) is 1.91. The second-order valence-electron chi connectivity index (χ2n) is 5.43. The Kier molecular flexibility index (Phi) is 2.83. The third-order valence-corrected chi connectivity index (χ3v) is 4.30. The molecule has 0 radical (unpaired) electrons. The highest BCUT2D eigenvalue weighted by atomic mass is 35.5. The minimum Gasteiger partial charge on any atom is -0.325 e. The molecule has 0 spiro atoms. The van der Waals surface area contributed by atoms with E-state index in [9.17, 15) is 4.79 Å². The third-order valence-electron chi connectivity index (χ3n) is 4.08. The number of rotatable bonds is 1. The monoisotopic (exact) mass is 264 g/mol. The van der Waals surface area contributed by atoms with Crippen molar-refractivity contribution in [2.75, 3.05) is 5.32 Å². The first-order chi connectivity index (χ1) is 8.58. The van der Waals surface area contributed by atoms with E-state index in [1.807, 2.05) is 12.1 Å². The number of nitrogens with one attached hydrogen (secondary N) is 1. The molecule has 1 amide bonds. The molecule has 3 rings (SSSR count). The van der Waals surface area contributed by atoms with Crippen LogP contribution in [0, 0.1) is 0 Å². The van der Waals surface area contributed by atoms with Gasteiger partial charge < -0.3 is 11.1 Å². The number of hydrogen-bond donors (Lipinski definition) is 2. The lowest BCUT2D eigenvalue weighted by molar-refractivity contribution is -0.115. The first kappa shape index (κ1) is 12.0. The number of hydrogen-bond acceptors (Lipinski definition) is 2. The van der Waals surface area contributed by atoms with Gasteiger partial charge in [0.15, 0.2) is 0 Å². The summed E-state index contributed by atoms with van der Waals surface area (Å²) in [4.78, 5) is 11.6. The fraction of sp³-hybridized carbons (Fsp3) is 0.500. The Labute approximate surface area is 112 Å². The predicted molar refractivity (Wildman–Crippen MR) is 72.7 cm³/mol. The van der Waals surface area contributed by atoms with Crippen LogP contribution in [-0.2, 0) is 16.8 Å². The highest BCUT2D eigenvalue weighted by Gasteiger charge is 2.35. The van der Waals surface area contributed by atoms with Crippen LogP contribution >= 0.6 is 11.6 Å². The van der Waals surface area contributed by atoms with Crippen molar-refractivity contribution in [2.24, 2.45) is 5.73 Å². The van der Waals surface area contributed by atoms with Gasteiger partial charge in [0.2, 0.25) is 5.91 Å². The second-order valence-corrected chi connectivity index (χ2v) is 5.87. The Bertz CT molecular complexity index is 507. The van der Waals surface area contributed by atoms with Gasteiger partial charge in [-0.3, -0.25) is 4.79 Å². The quantitative estimate of drug-likeness (QED) is 0.819. The van der Waals surface area contributed by atoms with Gasteiger partial charge in [0, 0.05) is 16.2 Å². The Morgan fingerprint density at radius 1 is 1.22 bits per heavy atom. The molecule has 0 unspecified atom stereocenters. The zero-order valence-corrected chi connectivity index (χ0v) is 11.0. The Balaban J connectivity index is 2.09. The number of carbonyl (C=O) groups is 1. The zero-order chi connectivity index (χ0) is 12.8. The SMILES string of the molecule is NC1(c2cc(Cl)cc3c2NC(=O)C3)CCCCC1. The summed E-state index contributed by atoms with van der Waals surface area (Å²) in [5.74, 6) is 0.0351. The van der Waals surface area contributed by atoms with E-state index in [4.69, 9.17) is 17.3 Å². The van der Waals surface area contributed by atoms with Gasteiger partial charge in [-0.05, 0) is 36.1 Å². The summed E-state index contributed by atoms with van der Waals surface area (Å²) in [6.45, 7) is 0. The van der Waals surface area contributed by atoms with Gasteiger partial charge in [-0.25, -0.2) is 0 Å². The molecule has 1 aromatic rings. The van der Waals surface area contributed by atoms with Gasteiger partial charge >= 0.3 is 0 Å². The summed E-state index contributed by atoms with van der Waals surface area (Å²) in [7, 11) is 0. The molecule has 2 aliphatic rings. The number of amides is 1. The van der Waals surface area contributed by atoms with Crippen LogP contribution in [0.1, 0.15) is 43.2 Å². The van der Waals surface area contributed by atoms with E-state index in [0.717, 1.165) is 42.5 Å². The van der Waals surface area contributed by atoms with E-state index in [-0.39, 0.29) is 11.4 Å². The summed E-state index contributed by atoms with van der Waals surface area (Å²) >= 11 is 6.16. The molecule has 4 heteroatoms. The molecule has 3 nitrogen and oxygen atoms in total. The summed E-state index contributed by atoms with van der Waals surface area (Å²) < 4.78 is 0. The summed E-state index contributed by atoms with van der Waals surface area (Å²) in [6, 6.07) is 3.79. The predicted octanol–water partition coefficient (Wildman–Crippen LogP) is 2.95. The second kappa shape index (κ2) is 4.25. The Hall–Kier alpha value is -1.06. The molecule has 0 aromatic heterocycles. The number of halogens is 1. The largest absolute Gasteiger partial charge is 0.325 e. The summed E-state index contributed by atoms with van der Waals surface area (Å²) in [5.41, 5.74) is 9.15. The van der Waals surface area contributed by atoms with Crippen LogP contribution in [0.4, 0.5) is 5.69 Å². The van der Waals surface area contributed by atoms with Crippen LogP contribution < -0.4 is 11.1 Å². The minimum absolute atomic E-state index is 0.0351. The van der Waals surface area contributed by atoms with Crippen LogP contribution in [-0.4, -0.2) is 5.91 Å². The maximum Gasteiger partial charge on any atom is 0.228 e. The fourth-order valence-electron chi connectivity index (χ4n) is 3.15. The molecular formula is C14H17ClN2O. The van der Waals surface area contributed by atoms with Gasteiger partial charge in [0.1, 0.15) is 0 Å². The highest BCUT2D eigenvalue weighted by Crippen LogP contribution is 2.42. The normalized spacial score (nSPS) is 21.6. The first-order valence-corrected chi connectivity index (χ1v) is 6.88. The number of fused-ring (bicyclic) bond motifs is 1. The van der Waals surface area contributed by atoms with Crippen molar-refractivity contribution in [1.82, 2.24) is 0 Å². The van der Waals surface area contributed by atoms with Crippen molar-refractivity contribution in [3.8, 4) is 0 Å². The molecule has 1 aliphatic carbocycles. The zero-order valence-electron chi connectivity index (χ0n) is 10.3. The maximum absolute atomic E-state index is 11.6. The van der Waals surface area contributed by atoms with Crippen molar-refractivity contribution in [3.63, 3.8) is 0 Å². The number of nitrogens with two attached hydrogens (primary N) is 1. The highest BCUT2D eigenvalue weighted by molar-refractivity contribution is 6.31. The van der Waals surface area contributed by atoms with E-state index in [1.165, 1.54) is 6.42 Å². The first-order valence-electron chi connectivity index (χ1n) is 6.50. The van der Waals surface area contributed by atoms with Crippen LogP contribution in [0.2, 0.25) is 5.02 Å². The molecule has 1 fully saturated rings. The van der Waals surface area contributed by atoms with E-state index in [2.05, 4.69) is 5.32 Å². The van der Waals surface area contributed by atoms with Gasteiger partial charge in [0.25, 0.3) is 0 Å². The topological polar surface area (TPSA) is 55.1 Å². The molecule has 0 bridgehead atoms. The van der Waals surface area contributed by atoms with Gasteiger partial charge in [-0.15, -0.1) is 0 Å². The lowest BCUT2D eigenvalue weighted by Gasteiger charge is -2.35. The van der Waals surface area contributed by atoms with E-state index >= 15 is 0 Å². The van der Waals surface area contributed by atoms with Gasteiger partial charge in [0.05, 0.1) is 6.42 Å². The molecule has 1 heterocycles. The lowest BCUT2D eigenvalue weighted by Crippen LogP contribution is -2.39. The van der Waals surface area contributed by atoms with E-state index in [1.54, 1.807) is 0 Å². The van der Waals surface area contributed by atoms with Crippen LogP contribution in [0.15, 0.2) is 12.1 Å². The van der Waals surface area contributed by atoms with Crippen molar-refractivity contribution >= 4 is 23.2 Å². The standard InChI is InChI=1S/C14H17ClN2O/c15-10-6-9-7-12(18)17-13(9)11(8-10)14(16)4-2-1-3-5-14/h6,8H,1-5,7,16H2,(H,17,18). The van der Waals surface area contributed by atoms with Crippen molar-refractivity contribution in [2.45, 2.75) is 44.1 Å². The lowest BCUT2D eigenvalue weighted by atomic mass is 9.76. The summed E-state index contributed by atoms with van der Waals surface area (Å²) in [5, 5.41) is 3.61. The van der Waals surface area contributed by atoms with Crippen molar-refractivity contribution in [1.29, 1.82) is 0 Å². The molecule has 0 saturated heterocycles. The Morgan fingerprint density at radius 2 is 1.94 bits per heavy atom. The maximum atomic E-state index is 11.6. The molecule has 96 valence electrons. The number of carbonyl (C=O) groups excluding carboxylic acids is 1. The molecule has 1 saturated carbocycles. The molecule has 18 heavy (non-hydrogen) atoms. The minimum atomic E-state index is -0.329. The van der Waals surface area contributed by atoms with Crippen LogP contribution in [0.25, 0.3) is 0 Å². The van der Waals surface area contributed by atoms with Crippen LogP contribution in [0.3, 0.4) is 0 Å². The van der Waals surface area contributed by atoms with E-state index < -0.39 is 0 Å². The summed E-state index contributed by atoms with van der Waals surface area (Å²) in [6.07, 6.45) is 5.88. The van der Waals surface area contributed by atoms with Gasteiger partial charge in [-0.1, -0.05) is 30.9 Å². The fourth-order valence-corrected chi connectivity index (χ4v) is 3.39. The van der Waals surface area contributed by atoms with Gasteiger partial charge in [-0.2, -0.15) is 0 Å². The molecule has 1 aromatic carbocycles. The average Bonchev–Trinajstić information content (AvgIpc) is 2.69. The number of benzene rings is 1. The van der Waals surface area contributed by atoms with Crippen LogP contribution in [0.5, 0.6) is 0 Å². The molecule has 1 aliphatic heterocycles. The van der Waals surface area contributed by atoms with E-state index in [0.29, 0.717) is 11.4 Å². The van der Waals surface area contributed by atoms with Crippen molar-refractivity contribution in [3.05, 3.63) is 28.3 Å². The molecule has 3 N–H and O–H groups in total. The van der Waals surface area contributed by atoms with Crippen molar-refractivity contribution < 1.29 is 4.79 Å². The number of anilines is 1. The molecular weight excluding hydrogens is 248 g/mol. The molecule has 0 atom stereocenters. The Morgan fingerprint density at radius 3 is 2.67 bits per heavy atom.